The number of hydrogen-bond donors (Lipinski definition) is 1. The van der Waals surface area contributed by atoms with Crippen molar-refractivity contribution in [2.75, 3.05) is 26.2 Å². The molecule has 2 rings (SSSR count). The molecule has 0 spiro atoms. The van der Waals surface area contributed by atoms with Gasteiger partial charge < -0.3 is 5.32 Å². The highest BCUT2D eigenvalue weighted by Crippen LogP contribution is 2.23. The molecule has 1 fully saturated rings. The zero-order valence-corrected chi connectivity index (χ0v) is 15.5. The molecule has 8 heteroatoms. The lowest BCUT2D eigenvalue weighted by molar-refractivity contribution is 0.268. The van der Waals surface area contributed by atoms with Crippen LogP contribution in [-0.2, 0) is 15.8 Å². The molecule has 0 atom stereocenters. The van der Waals surface area contributed by atoms with Gasteiger partial charge in [-0.3, -0.25) is 0 Å². The normalized spacial score (nSPS) is 17.0. The van der Waals surface area contributed by atoms with Crippen LogP contribution in [0.1, 0.15) is 25.3 Å². The maximum atomic E-state index is 13.1. The maximum absolute atomic E-state index is 13.1. The zero-order valence-electron chi connectivity index (χ0n) is 13.1. The van der Waals surface area contributed by atoms with Crippen LogP contribution in [0.2, 0.25) is 5.02 Å². The number of hydrogen-bond acceptors (Lipinski definition) is 3. The summed E-state index contributed by atoms with van der Waals surface area (Å²) in [5.74, 6) is -0.135. The first-order chi connectivity index (χ1) is 10.4. The molecule has 4 nitrogen and oxygen atoms in total. The summed E-state index contributed by atoms with van der Waals surface area (Å²) in [6, 6.07) is 4.05. The number of rotatable bonds is 6. The van der Waals surface area contributed by atoms with Gasteiger partial charge in [0.25, 0.3) is 0 Å². The molecule has 1 aromatic rings. The lowest BCUT2D eigenvalue weighted by Gasteiger charge is -2.31. The standard InChI is InChI=1S/C15H22ClFN2O2S.ClH/c1-2-18-10-12-5-7-19(8-6-12)22(20,21)11-13-3-4-15(17)14(16)9-13;/h3-4,9,12,18H,2,5-8,10-11H2,1H3;1H. The van der Waals surface area contributed by atoms with Crippen LogP contribution in [-0.4, -0.2) is 38.9 Å². The van der Waals surface area contributed by atoms with Gasteiger partial charge in [0.05, 0.1) is 10.8 Å². The Labute approximate surface area is 148 Å². The van der Waals surface area contributed by atoms with E-state index in [4.69, 9.17) is 11.6 Å². The van der Waals surface area contributed by atoms with Crippen molar-refractivity contribution in [1.82, 2.24) is 9.62 Å². The van der Waals surface area contributed by atoms with Gasteiger partial charge in [-0.2, -0.15) is 0 Å². The monoisotopic (exact) mass is 384 g/mol. The molecule has 23 heavy (non-hydrogen) atoms. The fourth-order valence-corrected chi connectivity index (χ4v) is 4.43. The van der Waals surface area contributed by atoms with E-state index in [1.54, 1.807) is 0 Å². The van der Waals surface area contributed by atoms with Gasteiger partial charge >= 0.3 is 0 Å². The number of sulfonamides is 1. The fraction of sp³-hybridized carbons (Fsp3) is 0.600. The molecule has 1 N–H and O–H groups in total. The van der Waals surface area contributed by atoms with Crippen LogP contribution < -0.4 is 5.32 Å². The van der Waals surface area contributed by atoms with Gasteiger partial charge in [-0.05, 0) is 49.5 Å². The molecule has 1 aliphatic rings. The predicted molar refractivity (Wildman–Crippen MR) is 94.1 cm³/mol. The Kier molecular flexibility index (Phi) is 8.24. The van der Waals surface area contributed by atoms with Crippen molar-refractivity contribution in [3.8, 4) is 0 Å². The Bertz CT molecular complexity index is 605. The van der Waals surface area contributed by atoms with Gasteiger partial charge in [0.2, 0.25) is 10.0 Å². The molecular formula is C15H23Cl2FN2O2S. The van der Waals surface area contributed by atoms with E-state index >= 15 is 0 Å². The van der Waals surface area contributed by atoms with Crippen molar-refractivity contribution in [3.63, 3.8) is 0 Å². The smallest absolute Gasteiger partial charge is 0.218 e. The van der Waals surface area contributed by atoms with Gasteiger partial charge in [0, 0.05) is 13.1 Å². The van der Waals surface area contributed by atoms with E-state index in [9.17, 15) is 12.8 Å². The molecule has 132 valence electrons. The van der Waals surface area contributed by atoms with Gasteiger partial charge in [0.15, 0.2) is 0 Å². The molecule has 1 aromatic carbocycles. The highest BCUT2D eigenvalue weighted by atomic mass is 35.5. The Morgan fingerprint density at radius 1 is 1.35 bits per heavy atom. The summed E-state index contributed by atoms with van der Waals surface area (Å²) in [5.41, 5.74) is 0.515. The van der Waals surface area contributed by atoms with Gasteiger partial charge in [-0.25, -0.2) is 17.1 Å². The minimum atomic E-state index is -3.38. The first-order valence-corrected chi connectivity index (χ1v) is 9.53. The first kappa shape index (κ1) is 20.6. The molecule has 0 unspecified atom stereocenters. The van der Waals surface area contributed by atoms with E-state index in [1.807, 2.05) is 0 Å². The van der Waals surface area contributed by atoms with E-state index in [1.165, 1.54) is 22.5 Å². The third-order valence-electron chi connectivity index (χ3n) is 3.98. The van der Waals surface area contributed by atoms with Crippen molar-refractivity contribution in [2.24, 2.45) is 5.92 Å². The van der Waals surface area contributed by atoms with E-state index in [-0.39, 0.29) is 23.2 Å². The predicted octanol–water partition coefficient (Wildman–Crippen LogP) is 3.05. The molecule has 1 aliphatic heterocycles. The molecule has 0 bridgehead atoms. The molecule has 0 radical (unpaired) electrons. The van der Waals surface area contributed by atoms with Crippen molar-refractivity contribution in [3.05, 3.63) is 34.6 Å². The second-order valence-electron chi connectivity index (χ2n) is 5.65. The summed E-state index contributed by atoms with van der Waals surface area (Å²) in [6.45, 7) is 5.04. The van der Waals surface area contributed by atoms with E-state index in [0.717, 1.165) is 25.9 Å². The summed E-state index contributed by atoms with van der Waals surface area (Å²) in [4.78, 5) is 0. The quantitative estimate of drug-likeness (QED) is 0.819. The van der Waals surface area contributed by atoms with Gasteiger partial charge in [-0.1, -0.05) is 24.6 Å². The first-order valence-electron chi connectivity index (χ1n) is 7.55. The summed E-state index contributed by atoms with van der Waals surface area (Å²) >= 11 is 5.71. The maximum Gasteiger partial charge on any atom is 0.218 e. The number of benzene rings is 1. The van der Waals surface area contributed by atoms with Crippen LogP contribution in [0, 0.1) is 11.7 Å². The third-order valence-corrected chi connectivity index (χ3v) is 6.12. The second kappa shape index (κ2) is 9.18. The average molecular weight is 385 g/mol. The lowest BCUT2D eigenvalue weighted by Crippen LogP contribution is -2.41. The van der Waals surface area contributed by atoms with Crippen molar-refractivity contribution >= 4 is 34.0 Å². The minimum Gasteiger partial charge on any atom is -0.317 e. The van der Waals surface area contributed by atoms with E-state index in [2.05, 4.69) is 12.2 Å². The highest BCUT2D eigenvalue weighted by molar-refractivity contribution is 7.88. The molecule has 0 aromatic heterocycles. The van der Waals surface area contributed by atoms with Crippen LogP contribution in [0.5, 0.6) is 0 Å². The number of nitrogens with zero attached hydrogens (tertiary/aromatic N) is 1. The van der Waals surface area contributed by atoms with E-state index in [0.29, 0.717) is 24.6 Å². The molecular weight excluding hydrogens is 362 g/mol. The van der Waals surface area contributed by atoms with Crippen LogP contribution in [0.15, 0.2) is 18.2 Å². The lowest BCUT2D eigenvalue weighted by atomic mass is 9.98. The largest absolute Gasteiger partial charge is 0.317 e. The highest BCUT2D eigenvalue weighted by Gasteiger charge is 2.28. The number of halogens is 3. The van der Waals surface area contributed by atoms with Gasteiger partial charge in [0.1, 0.15) is 5.82 Å². The molecule has 1 heterocycles. The van der Waals surface area contributed by atoms with Crippen LogP contribution in [0.25, 0.3) is 0 Å². The SMILES string of the molecule is CCNCC1CCN(S(=O)(=O)Cc2ccc(F)c(Cl)c2)CC1.Cl. The zero-order chi connectivity index (χ0) is 16.2. The minimum absolute atomic E-state index is 0. The molecule has 0 aliphatic carbocycles. The third kappa shape index (κ3) is 5.87. The molecule has 1 saturated heterocycles. The Morgan fingerprint density at radius 2 is 2.00 bits per heavy atom. The van der Waals surface area contributed by atoms with Crippen molar-refractivity contribution in [1.29, 1.82) is 0 Å². The van der Waals surface area contributed by atoms with Crippen molar-refractivity contribution in [2.45, 2.75) is 25.5 Å². The number of nitrogens with one attached hydrogen (secondary N) is 1. The Hall–Kier alpha value is -0.400. The Morgan fingerprint density at radius 3 is 2.57 bits per heavy atom. The summed E-state index contributed by atoms with van der Waals surface area (Å²) in [5, 5.41) is 3.26. The number of piperidine rings is 1. The fourth-order valence-electron chi connectivity index (χ4n) is 2.67. The topological polar surface area (TPSA) is 49.4 Å². The summed E-state index contributed by atoms with van der Waals surface area (Å²) in [7, 11) is -3.38. The van der Waals surface area contributed by atoms with E-state index < -0.39 is 15.8 Å². The van der Waals surface area contributed by atoms with Crippen LogP contribution in [0.3, 0.4) is 0 Å². The second-order valence-corrected chi connectivity index (χ2v) is 8.03. The molecule has 0 saturated carbocycles. The van der Waals surface area contributed by atoms with Crippen molar-refractivity contribution < 1.29 is 12.8 Å². The summed E-state index contributed by atoms with van der Waals surface area (Å²) in [6.07, 6.45) is 1.74. The molecule has 0 amide bonds. The summed E-state index contributed by atoms with van der Waals surface area (Å²) < 4.78 is 39.6. The average Bonchev–Trinajstić information content (AvgIpc) is 2.49. The Balaban J connectivity index is 0.00000264. The van der Waals surface area contributed by atoms with Crippen LogP contribution in [0.4, 0.5) is 4.39 Å². The van der Waals surface area contributed by atoms with Gasteiger partial charge in [-0.15, -0.1) is 12.4 Å². The van der Waals surface area contributed by atoms with Crippen LogP contribution >= 0.6 is 24.0 Å².